The summed E-state index contributed by atoms with van der Waals surface area (Å²) >= 11 is 0. The molecule has 1 rings (SSSR count). The van der Waals surface area contributed by atoms with Gasteiger partial charge in [0.1, 0.15) is 0 Å². The van der Waals surface area contributed by atoms with E-state index in [1.165, 1.54) is 0 Å². The van der Waals surface area contributed by atoms with E-state index in [4.69, 9.17) is 0 Å². The van der Waals surface area contributed by atoms with Crippen LogP contribution in [-0.4, -0.2) is 33.6 Å². The summed E-state index contributed by atoms with van der Waals surface area (Å²) < 4.78 is 0. The highest BCUT2D eigenvalue weighted by Crippen LogP contribution is 2.17. The van der Waals surface area contributed by atoms with Crippen molar-refractivity contribution in [1.29, 1.82) is 0 Å². The fourth-order valence-electron chi connectivity index (χ4n) is 1.51. The number of benzene rings is 1. The molecular formula is C13H21N3O. The number of carbonyl (C=O) groups excluding carboxylic acids is 1. The molecule has 0 aromatic heterocycles. The van der Waals surface area contributed by atoms with Crippen molar-refractivity contribution in [2.75, 3.05) is 37.9 Å². The van der Waals surface area contributed by atoms with Crippen LogP contribution in [0.2, 0.25) is 0 Å². The van der Waals surface area contributed by atoms with Gasteiger partial charge in [0.05, 0.1) is 0 Å². The summed E-state index contributed by atoms with van der Waals surface area (Å²) in [6.45, 7) is 0.866. The van der Waals surface area contributed by atoms with Crippen LogP contribution in [0.1, 0.15) is 12.8 Å². The molecule has 0 saturated carbocycles. The van der Waals surface area contributed by atoms with Crippen molar-refractivity contribution in [2.45, 2.75) is 12.8 Å². The zero-order valence-electron chi connectivity index (χ0n) is 10.8. The summed E-state index contributed by atoms with van der Waals surface area (Å²) in [7, 11) is 5.85. The Hall–Kier alpha value is -1.55. The third kappa shape index (κ3) is 4.87. The maximum Gasteiger partial charge on any atom is 0.224 e. The molecule has 0 spiro atoms. The third-order valence-electron chi connectivity index (χ3n) is 2.48. The van der Waals surface area contributed by atoms with Crippen LogP contribution in [0.3, 0.4) is 0 Å². The molecule has 4 heteroatoms. The minimum absolute atomic E-state index is 0.0659. The molecule has 0 aliphatic heterocycles. The fourth-order valence-corrected chi connectivity index (χ4v) is 1.51. The van der Waals surface area contributed by atoms with Crippen molar-refractivity contribution in [3.8, 4) is 0 Å². The number of anilines is 2. The molecule has 0 bridgehead atoms. The Kier molecular flexibility index (Phi) is 5.49. The van der Waals surface area contributed by atoms with E-state index in [0.717, 1.165) is 24.3 Å². The summed E-state index contributed by atoms with van der Waals surface area (Å²) in [6, 6.07) is 7.83. The van der Waals surface area contributed by atoms with Crippen molar-refractivity contribution in [2.24, 2.45) is 0 Å². The number of nitrogens with one attached hydrogen (secondary N) is 2. The number of nitrogens with zero attached hydrogens (tertiary/aromatic N) is 1. The predicted molar refractivity (Wildman–Crippen MR) is 72.6 cm³/mol. The van der Waals surface area contributed by atoms with Gasteiger partial charge in [-0.05, 0) is 38.2 Å². The van der Waals surface area contributed by atoms with Gasteiger partial charge in [0, 0.05) is 31.9 Å². The number of carbonyl (C=O) groups is 1. The lowest BCUT2D eigenvalue weighted by molar-refractivity contribution is -0.116. The van der Waals surface area contributed by atoms with Gasteiger partial charge in [0.2, 0.25) is 5.91 Å². The third-order valence-corrected chi connectivity index (χ3v) is 2.48. The maximum atomic E-state index is 11.6. The molecule has 0 heterocycles. The molecule has 1 aromatic carbocycles. The topological polar surface area (TPSA) is 44.4 Å². The van der Waals surface area contributed by atoms with E-state index < -0.39 is 0 Å². The van der Waals surface area contributed by atoms with Crippen LogP contribution >= 0.6 is 0 Å². The summed E-state index contributed by atoms with van der Waals surface area (Å²) in [6.07, 6.45) is 1.41. The Balaban J connectivity index is 2.50. The Bertz CT molecular complexity index is 363. The standard InChI is InChI=1S/C13H21N3O/c1-14-9-5-8-13(17)15-11-6-4-7-12(10-11)16(2)3/h4,6-7,10,14H,5,8-9H2,1-3H3,(H,15,17). The lowest BCUT2D eigenvalue weighted by atomic mass is 10.2. The van der Waals surface area contributed by atoms with Gasteiger partial charge in [-0.15, -0.1) is 0 Å². The normalized spacial score (nSPS) is 10.1. The van der Waals surface area contributed by atoms with Gasteiger partial charge in [0.25, 0.3) is 0 Å². The number of hydrogen-bond acceptors (Lipinski definition) is 3. The number of amides is 1. The summed E-state index contributed by atoms with van der Waals surface area (Å²) in [5.41, 5.74) is 1.93. The highest BCUT2D eigenvalue weighted by molar-refractivity contribution is 5.91. The van der Waals surface area contributed by atoms with E-state index in [2.05, 4.69) is 10.6 Å². The van der Waals surface area contributed by atoms with Crippen LogP contribution in [0.15, 0.2) is 24.3 Å². The van der Waals surface area contributed by atoms with Crippen LogP contribution in [0, 0.1) is 0 Å². The Labute approximate surface area is 103 Å². The van der Waals surface area contributed by atoms with Crippen molar-refractivity contribution in [3.05, 3.63) is 24.3 Å². The first-order chi connectivity index (χ1) is 8.13. The molecule has 2 N–H and O–H groups in total. The largest absolute Gasteiger partial charge is 0.378 e. The minimum atomic E-state index is 0.0659. The molecule has 0 aliphatic rings. The molecule has 94 valence electrons. The molecular weight excluding hydrogens is 214 g/mol. The molecule has 0 atom stereocenters. The monoisotopic (exact) mass is 235 g/mol. The first-order valence-corrected chi connectivity index (χ1v) is 5.85. The van der Waals surface area contributed by atoms with E-state index in [1.54, 1.807) is 0 Å². The first-order valence-electron chi connectivity index (χ1n) is 5.85. The van der Waals surface area contributed by atoms with Crippen molar-refractivity contribution in [1.82, 2.24) is 5.32 Å². The van der Waals surface area contributed by atoms with Crippen molar-refractivity contribution in [3.63, 3.8) is 0 Å². The zero-order chi connectivity index (χ0) is 12.7. The van der Waals surface area contributed by atoms with E-state index in [1.807, 2.05) is 50.3 Å². The molecule has 0 aliphatic carbocycles. The van der Waals surface area contributed by atoms with Crippen LogP contribution in [0.25, 0.3) is 0 Å². The van der Waals surface area contributed by atoms with E-state index >= 15 is 0 Å². The van der Waals surface area contributed by atoms with Gasteiger partial charge in [0.15, 0.2) is 0 Å². The van der Waals surface area contributed by atoms with Crippen LogP contribution in [0.4, 0.5) is 11.4 Å². The van der Waals surface area contributed by atoms with Gasteiger partial charge in [-0.3, -0.25) is 4.79 Å². The average molecular weight is 235 g/mol. The van der Waals surface area contributed by atoms with Gasteiger partial charge in [-0.1, -0.05) is 6.07 Å². The van der Waals surface area contributed by atoms with Gasteiger partial charge in [-0.2, -0.15) is 0 Å². The first kappa shape index (κ1) is 13.5. The van der Waals surface area contributed by atoms with Gasteiger partial charge >= 0.3 is 0 Å². The molecule has 1 amide bonds. The second-order valence-corrected chi connectivity index (χ2v) is 4.20. The lowest BCUT2D eigenvalue weighted by Gasteiger charge is -2.14. The minimum Gasteiger partial charge on any atom is -0.378 e. The zero-order valence-corrected chi connectivity index (χ0v) is 10.8. The summed E-state index contributed by atoms with van der Waals surface area (Å²) in [5, 5.41) is 5.93. The SMILES string of the molecule is CNCCCC(=O)Nc1cccc(N(C)C)c1. The molecule has 0 radical (unpaired) electrons. The maximum absolute atomic E-state index is 11.6. The number of hydrogen-bond donors (Lipinski definition) is 2. The Morgan fingerprint density at radius 2 is 2.12 bits per heavy atom. The predicted octanol–water partition coefficient (Wildman–Crippen LogP) is 1.69. The molecule has 0 fully saturated rings. The highest BCUT2D eigenvalue weighted by Gasteiger charge is 2.03. The van der Waals surface area contributed by atoms with E-state index in [9.17, 15) is 4.79 Å². The Morgan fingerprint density at radius 1 is 1.35 bits per heavy atom. The molecule has 4 nitrogen and oxygen atoms in total. The smallest absolute Gasteiger partial charge is 0.224 e. The molecule has 0 unspecified atom stereocenters. The van der Waals surface area contributed by atoms with Crippen LogP contribution < -0.4 is 15.5 Å². The van der Waals surface area contributed by atoms with Crippen molar-refractivity contribution < 1.29 is 4.79 Å². The molecule has 1 aromatic rings. The van der Waals surface area contributed by atoms with Crippen molar-refractivity contribution >= 4 is 17.3 Å². The molecule has 17 heavy (non-hydrogen) atoms. The van der Waals surface area contributed by atoms with E-state index in [-0.39, 0.29) is 5.91 Å². The average Bonchev–Trinajstić information content (AvgIpc) is 2.29. The van der Waals surface area contributed by atoms with E-state index in [0.29, 0.717) is 6.42 Å². The second kappa shape index (κ2) is 6.91. The summed E-state index contributed by atoms with van der Waals surface area (Å²) in [5.74, 6) is 0.0659. The summed E-state index contributed by atoms with van der Waals surface area (Å²) in [4.78, 5) is 13.6. The van der Waals surface area contributed by atoms with Gasteiger partial charge in [-0.25, -0.2) is 0 Å². The highest BCUT2D eigenvalue weighted by atomic mass is 16.1. The Morgan fingerprint density at radius 3 is 2.76 bits per heavy atom. The quantitative estimate of drug-likeness (QED) is 0.738. The second-order valence-electron chi connectivity index (χ2n) is 4.20. The lowest BCUT2D eigenvalue weighted by Crippen LogP contribution is -2.15. The molecule has 0 saturated heterocycles. The van der Waals surface area contributed by atoms with Crippen LogP contribution in [-0.2, 0) is 4.79 Å². The number of rotatable bonds is 6. The van der Waals surface area contributed by atoms with Crippen LogP contribution in [0.5, 0.6) is 0 Å². The fraction of sp³-hybridized carbons (Fsp3) is 0.462. The van der Waals surface area contributed by atoms with Gasteiger partial charge < -0.3 is 15.5 Å².